The number of hydrogen-bond donors (Lipinski definition) is 1. The van der Waals surface area contributed by atoms with Gasteiger partial charge in [-0.1, -0.05) is 17.8 Å². The van der Waals surface area contributed by atoms with Gasteiger partial charge in [-0.3, -0.25) is 4.79 Å². The molecule has 4 rings (SSSR count). The van der Waals surface area contributed by atoms with E-state index in [4.69, 9.17) is 8.83 Å². The minimum atomic E-state index is -0.0566. The summed E-state index contributed by atoms with van der Waals surface area (Å²) in [5, 5.41) is 11.9. The molecule has 3 heterocycles. The standard InChI is InChI=1S/C22H20N4O3S/c1-14-11-15(2)13-16(12-14)23-19(27)7-10-30-22-24-20(17-5-3-8-28-17)21(25-26-22)18-6-4-9-29-18/h3-6,8-9,11-13H,7,10H2,1-2H3,(H,23,27). The number of furan rings is 2. The van der Waals surface area contributed by atoms with E-state index in [1.54, 1.807) is 30.7 Å². The number of amides is 1. The van der Waals surface area contributed by atoms with Crippen LogP contribution in [-0.4, -0.2) is 26.8 Å². The van der Waals surface area contributed by atoms with E-state index < -0.39 is 0 Å². The number of benzene rings is 1. The van der Waals surface area contributed by atoms with Crippen molar-refractivity contribution in [2.75, 3.05) is 11.1 Å². The van der Waals surface area contributed by atoms with Gasteiger partial charge in [0.15, 0.2) is 17.2 Å². The van der Waals surface area contributed by atoms with Crippen LogP contribution in [0.1, 0.15) is 17.5 Å². The van der Waals surface area contributed by atoms with Crippen LogP contribution in [0.25, 0.3) is 22.9 Å². The third kappa shape index (κ3) is 4.77. The molecule has 4 aromatic rings. The van der Waals surface area contributed by atoms with Gasteiger partial charge in [0.2, 0.25) is 11.1 Å². The third-order valence-corrected chi connectivity index (χ3v) is 5.08. The number of thioether (sulfide) groups is 1. The molecule has 0 unspecified atom stereocenters. The number of rotatable bonds is 7. The summed E-state index contributed by atoms with van der Waals surface area (Å²) in [7, 11) is 0. The van der Waals surface area contributed by atoms with Gasteiger partial charge in [0.05, 0.1) is 12.5 Å². The fraction of sp³-hybridized carbons (Fsp3) is 0.182. The molecule has 1 N–H and O–H groups in total. The molecule has 8 heteroatoms. The summed E-state index contributed by atoms with van der Waals surface area (Å²) in [6.07, 6.45) is 3.48. The van der Waals surface area contributed by atoms with E-state index in [9.17, 15) is 4.79 Å². The van der Waals surface area contributed by atoms with Crippen molar-refractivity contribution in [3.63, 3.8) is 0 Å². The van der Waals surface area contributed by atoms with Crippen molar-refractivity contribution in [1.29, 1.82) is 0 Å². The zero-order valence-electron chi connectivity index (χ0n) is 16.6. The van der Waals surface area contributed by atoms with Crippen molar-refractivity contribution in [3.8, 4) is 22.9 Å². The van der Waals surface area contributed by atoms with Crippen molar-refractivity contribution >= 4 is 23.4 Å². The number of nitrogens with zero attached hydrogens (tertiary/aromatic N) is 3. The van der Waals surface area contributed by atoms with Gasteiger partial charge in [0.25, 0.3) is 0 Å². The predicted octanol–water partition coefficient (Wildman–Crippen LogP) is 5.13. The summed E-state index contributed by atoms with van der Waals surface area (Å²) in [5.41, 5.74) is 4.09. The molecule has 3 aromatic heterocycles. The summed E-state index contributed by atoms with van der Waals surface area (Å²) in [6, 6.07) is 13.1. The number of nitrogens with one attached hydrogen (secondary N) is 1. The Hall–Kier alpha value is -3.39. The molecular weight excluding hydrogens is 400 g/mol. The monoisotopic (exact) mass is 420 g/mol. The second-order valence-corrected chi connectivity index (χ2v) is 7.83. The average Bonchev–Trinajstić information content (AvgIpc) is 3.41. The molecule has 30 heavy (non-hydrogen) atoms. The van der Waals surface area contributed by atoms with Crippen molar-refractivity contribution in [2.45, 2.75) is 25.4 Å². The lowest BCUT2D eigenvalue weighted by Gasteiger charge is -2.08. The Morgan fingerprint density at radius 2 is 1.63 bits per heavy atom. The summed E-state index contributed by atoms with van der Waals surface area (Å²) in [5.74, 6) is 1.60. The third-order valence-electron chi connectivity index (χ3n) is 4.24. The minimum absolute atomic E-state index is 0.0566. The lowest BCUT2D eigenvalue weighted by molar-refractivity contribution is -0.115. The number of anilines is 1. The fourth-order valence-corrected chi connectivity index (χ4v) is 3.77. The number of aromatic nitrogens is 3. The van der Waals surface area contributed by atoms with E-state index in [-0.39, 0.29) is 5.91 Å². The van der Waals surface area contributed by atoms with E-state index in [0.717, 1.165) is 16.8 Å². The van der Waals surface area contributed by atoms with Crippen LogP contribution < -0.4 is 5.32 Å². The topological polar surface area (TPSA) is 94.1 Å². The Kier molecular flexibility index (Phi) is 5.94. The average molecular weight is 420 g/mol. The van der Waals surface area contributed by atoms with E-state index >= 15 is 0 Å². The first-order valence-electron chi connectivity index (χ1n) is 9.42. The first-order valence-corrected chi connectivity index (χ1v) is 10.4. The van der Waals surface area contributed by atoms with Gasteiger partial charge in [0.1, 0.15) is 5.69 Å². The molecule has 0 aliphatic carbocycles. The van der Waals surface area contributed by atoms with Gasteiger partial charge in [-0.2, -0.15) is 0 Å². The molecule has 0 aliphatic rings. The Balaban J connectivity index is 1.42. The van der Waals surface area contributed by atoms with E-state index in [1.807, 2.05) is 32.0 Å². The lowest BCUT2D eigenvalue weighted by Crippen LogP contribution is -2.12. The van der Waals surface area contributed by atoms with Gasteiger partial charge in [-0.05, 0) is 61.4 Å². The SMILES string of the molecule is Cc1cc(C)cc(NC(=O)CCSc2nnc(-c3ccco3)c(-c3ccco3)n2)c1. The molecule has 0 atom stereocenters. The van der Waals surface area contributed by atoms with Crippen LogP contribution in [0.15, 0.2) is 69.0 Å². The molecule has 0 bridgehead atoms. The Morgan fingerprint density at radius 3 is 2.27 bits per heavy atom. The Labute approximate surface area is 177 Å². The molecular formula is C22H20N4O3S. The van der Waals surface area contributed by atoms with Crippen LogP contribution in [0, 0.1) is 13.8 Å². The first-order chi connectivity index (χ1) is 14.6. The van der Waals surface area contributed by atoms with Crippen LogP contribution in [-0.2, 0) is 4.79 Å². The largest absolute Gasteiger partial charge is 0.463 e. The maximum Gasteiger partial charge on any atom is 0.225 e. The molecule has 1 aromatic carbocycles. The zero-order valence-corrected chi connectivity index (χ0v) is 17.4. The molecule has 0 saturated carbocycles. The maximum absolute atomic E-state index is 12.3. The fourth-order valence-electron chi connectivity index (χ4n) is 3.04. The highest BCUT2D eigenvalue weighted by molar-refractivity contribution is 7.99. The van der Waals surface area contributed by atoms with Crippen LogP contribution in [0.5, 0.6) is 0 Å². The molecule has 0 radical (unpaired) electrons. The van der Waals surface area contributed by atoms with E-state index in [1.165, 1.54) is 11.8 Å². The van der Waals surface area contributed by atoms with Crippen molar-refractivity contribution < 1.29 is 13.6 Å². The van der Waals surface area contributed by atoms with Gasteiger partial charge in [-0.25, -0.2) is 4.98 Å². The van der Waals surface area contributed by atoms with Crippen LogP contribution in [0.3, 0.4) is 0 Å². The molecule has 0 saturated heterocycles. The molecule has 1 amide bonds. The smallest absolute Gasteiger partial charge is 0.225 e. The number of hydrogen-bond acceptors (Lipinski definition) is 7. The highest BCUT2D eigenvalue weighted by atomic mass is 32.2. The van der Waals surface area contributed by atoms with Gasteiger partial charge < -0.3 is 14.2 Å². The number of aryl methyl sites for hydroxylation is 2. The lowest BCUT2D eigenvalue weighted by atomic mass is 10.1. The summed E-state index contributed by atoms with van der Waals surface area (Å²) >= 11 is 1.37. The molecule has 7 nitrogen and oxygen atoms in total. The van der Waals surface area contributed by atoms with E-state index in [0.29, 0.717) is 40.2 Å². The van der Waals surface area contributed by atoms with Gasteiger partial charge >= 0.3 is 0 Å². The van der Waals surface area contributed by atoms with Crippen LogP contribution >= 0.6 is 11.8 Å². The van der Waals surface area contributed by atoms with E-state index in [2.05, 4.69) is 26.6 Å². The maximum atomic E-state index is 12.3. The second-order valence-electron chi connectivity index (χ2n) is 6.77. The van der Waals surface area contributed by atoms with Gasteiger partial charge in [0, 0.05) is 17.9 Å². The quantitative estimate of drug-likeness (QED) is 0.414. The first kappa shape index (κ1) is 19.9. The highest BCUT2D eigenvalue weighted by Crippen LogP contribution is 2.30. The van der Waals surface area contributed by atoms with Crippen molar-refractivity contribution in [3.05, 3.63) is 66.1 Å². The summed E-state index contributed by atoms with van der Waals surface area (Å²) in [4.78, 5) is 16.9. The zero-order chi connectivity index (χ0) is 20.9. The minimum Gasteiger partial charge on any atom is -0.463 e. The summed E-state index contributed by atoms with van der Waals surface area (Å²) in [6.45, 7) is 4.01. The van der Waals surface area contributed by atoms with Crippen molar-refractivity contribution in [2.24, 2.45) is 0 Å². The van der Waals surface area contributed by atoms with Crippen LogP contribution in [0.2, 0.25) is 0 Å². The Bertz CT molecular complexity index is 1120. The normalized spacial score (nSPS) is 10.9. The van der Waals surface area contributed by atoms with Crippen LogP contribution in [0.4, 0.5) is 5.69 Å². The summed E-state index contributed by atoms with van der Waals surface area (Å²) < 4.78 is 10.9. The Morgan fingerprint density at radius 1 is 0.967 bits per heavy atom. The second kappa shape index (κ2) is 8.96. The molecule has 0 aliphatic heterocycles. The molecule has 0 fully saturated rings. The predicted molar refractivity (Wildman–Crippen MR) is 115 cm³/mol. The number of carbonyl (C=O) groups excluding carboxylic acids is 1. The molecule has 0 spiro atoms. The molecule has 152 valence electrons. The van der Waals surface area contributed by atoms with Crippen molar-refractivity contribution in [1.82, 2.24) is 15.2 Å². The van der Waals surface area contributed by atoms with Gasteiger partial charge in [-0.15, -0.1) is 10.2 Å². The highest BCUT2D eigenvalue weighted by Gasteiger charge is 2.18. The number of carbonyl (C=O) groups is 1.